The zero-order chi connectivity index (χ0) is 13.3. The number of carbonyl (C=O) groups is 1. The van der Waals surface area contributed by atoms with Gasteiger partial charge in [-0.2, -0.15) is 0 Å². The fourth-order valence-corrected chi connectivity index (χ4v) is 3.27. The molecule has 4 nitrogen and oxygen atoms in total. The van der Waals surface area contributed by atoms with Crippen LogP contribution in [-0.4, -0.2) is 43.8 Å². The van der Waals surface area contributed by atoms with Crippen LogP contribution in [0.4, 0.5) is 0 Å². The summed E-state index contributed by atoms with van der Waals surface area (Å²) in [6.45, 7) is 0.713. The summed E-state index contributed by atoms with van der Waals surface area (Å²) < 4.78 is 22.9. The zero-order valence-electron chi connectivity index (χ0n) is 9.97. The average molecular weight is 288 g/mol. The molecule has 1 aliphatic rings. The molecule has 1 fully saturated rings. The van der Waals surface area contributed by atoms with Crippen molar-refractivity contribution >= 4 is 27.3 Å². The predicted octanol–water partition coefficient (Wildman–Crippen LogP) is 1.60. The molecule has 1 heterocycles. The van der Waals surface area contributed by atoms with Gasteiger partial charge in [-0.05, 0) is 18.6 Å². The molecular weight excluding hydrogens is 274 g/mol. The highest BCUT2D eigenvalue weighted by atomic mass is 35.5. The van der Waals surface area contributed by atoms with E-state index in [4.69, 9.17) is 11.6 Å². The molecule has 2 rings (SSSR count). The van der Waals surface area contributed by atoms with Crippen LogP contribution in [0.5, 0.6) is 0 Å². The van der Waals surface area contributed by atoms with Crippen LogP contribution in [-0.2, 0) is 9.84 Å². The Morgan fingerprint density at radius 3 is 2.61 bits per heavy atom. The molecule has 0 unspecified atom stereocenters. The zero-order valence-corrected chi connectivity index (χ0v) is 11.5. The monoisotopic (exact) mass is 287 g/mol. The van der Waals surface area contributed by atoms with Crippen LogP contribution in [0.2, 0.25) is 5.02 Å². The first-order chi connectivity index (χ1) is 8.39. The van der Waals surface area contributed by atoms with Crippen LogP contribution in [0.1, 0.15) is 16.8 Å². The van der Waals surface area contributed by atoms with Crippen molar-refractivity contribution in [2.45, 2.75) is 11.7 Å². The third kappa shape index (κ3) is 2.67. The third-order valence-electron chi connectivity index (χ3n) is 3.14. The molecule has 6 heteroatoms. The van der Waals surface area contributed by atoms with Crippen molar-refractivity contribution < 1.29 is 13.2 Å². The van der Waals surface area contributed by atoms with E-state index in [0.29, 0.717) is 23.6 Å². The topological polar surface area (TPSA) is 54.5 Å². The lowest BCUT2D eigenvalue weighted by atomic mass is 10.2. The van der Waals surface area contributed by atoms with Gasteiger partial charge in [0.25, 0.3) is 5.91 Å². The van der Waals surface area contributed by atoms with Crippen LogP contribution in [0.15, 0.2) is 24.3 Å². The molecule has 1 aromatic carbocycles. The van der Waals surface area contributed by atoms with E-state index in [0.717, 1.165) is 0 Å². The lowest BCUT2D eigenvalue weighted by Gasteiger charge is -2.16. The summed E-state index contributed by atoms with van der Waals surface area (Å²) >= 11 is 5.96. The molecule has 0 saturated carbocycles. The van der Waals surface area contributed by atoms with Gasteiger partial charge in [-0.1, -0.05) is 23.7 Å². The number of nitrogens with zero attached hydrogens (tertiary/aromatic N) is 1. The smallest absolute Gasteiger partial charge is 0.255 e. The van der Waals surface area contributed by atoms with E-state index in [1.165, 1.54) is 6.26 Å². The first kappa shape index (κ1) is 13.4. The Bertz CT molecular complexity index is 570. The number of likely N-dealkylation sites (tertiary alicyclic amines) is 1. The van der Waals surface area contributed by atoms with Crippen molar-refractivity contribution in [3.8, 4) is 0 Å². The number of carbonyl (C=O) groups excluding carboxylic acids is 1. The van der Waals surface area contributed by atoms with E-state index in [1.54, 1.807) is 29.2 Å². The molecule has 0 aromatic heterocycles. The minimum Gasteiger partial charge on any atom is -0.337 e. The second-order valence-electron chi connectivity index (χ2n) is 4.47. The summed E-state index contributed by atoms with van der Waals surface area (Å²) in [4.78, 5) is 13.7. The molecule has 0 spiro atoms. The quantitative estimate of drug-likeness (QED) is 0.830. The molecular formula is C12H14ClNO3S. The highest BCUT2D eigenvalue weighted by Gasteiger charge is 2.33. The minimum atomic E-state index is -3.09. The molecule has 1 amide bonds. The van der Waals surface area contributed by atoms with Gasteiger partial charge in [0.15, 0.2) is 9.84 Å². The SMILES string of the molecule is CS(=O)(=O)[C@H]1CCN(C(=O)c2ccccc2Cl)C1. The Kier molecular flexibility index (Phi) is 3.64. The molecule has 18 heavy (non-hydrogen) atoms. The molecule has 1 saturated heterocycles. The van der Waals surface area contributed by atoms with Gasteiger partial charge in [-0.15, -0.1) is 0 Å². The second kappa shape index (κ2) is 4.90. The number of benzene rings is 1. The standard InChI is InChI=1S/C12H14ClNO3S/c1-18(16,17)9-6-7-14(8-9)12(15)10-4-2-3-5-11(10)13/h2-5,9H,6-8H2,1H3/t9-/m0/s1. The number of hydrogen-bond donors (Lipinski definition) is 0. The highest BCUT2D eigenvalue weighted by molar-refractivity contribution is 7.91. The van der Waals surface area contributed by atoms with Crippen molar-refractivity contribution in [2.24, 2.45) is 0 Å². The largest absolute Gasteiger partial charge is 0.337 e. The molecule has 0 radical (unpaired) electrons. The Labute approximate surface area is 111 Å². The van der Waals surface area contributed by atoms with Crippen molar-refractivity contribution in [1.82, 2.24) is 4.90 Å². The third-order valence-corrected chi connectivity index (χ3v) is 5.07. The van der Waals surface area contributed by atoms with E-state index in [1.807, 2.05) is 0 Å². The Hall–Kier alpha value is -1.07. The van der Waals surface area contributed by atoms with Crippen LogP contribution >= 0.6 is 11.6 Å². The van der Waals surface area contributed by atoms with Gasteiger partial charge in [-0.3, -0.25) is 4.79 Å². The minimum absolute atomic E-state index is 0.202. The summed E-state index contributed by atoms with van der Waals surface area (Å²) in [5, 5.41) is -0.0609. The lowest BCUT2D eigenvalue weighted by molar-refractivity contribution is 0.0793. The Balaban J connectivity index is 2.16. The summed E-state index contributed by atoms with van der Waals surface area (Å²) in [6, 6.07) is 6.79. The molecule has 0 bridgehead atoms. The number of halogens is 1. The predicted molar refractivity (Wildman–Crippen MR) is 70.6 cm³/mol. The van der Waals surface area contributed by atoms with Gasteiger partial charge in [0.2, 0.25) is 0 Å². The molecule has 98 valence electrons. The van der Waals surface area contributed by atoms with Crippen LogP contribution in [0.3, 0.4) is 0 Å². The Morgan fingerprint density at radius 2 is 2.06 bits per heavy atom. The Morgan fingerprint density at radius 1 is 1.39 bits per heavy atom. The van der Waals surface area contributed by atoms with Crippen LogP contribution < -0.4 is 0 Å². The number of hydrogen-bond acceptors (Lipinski definition) is 3. The first-order valence-electron chi connectivity index (χ1n) is 5.62. The van der Waals surface area contributed by atoms with Crippen molar-refractivity contribution in [1.29, 1.82) is 0 Å². The van der Waals surface area contributed by atoms with Crippen LogP contribution in [0, 0.1) is 0 Å². The highest BCUT2D eigenvalue weighted by Crippen LogP contribution is 2.22. The second-order valence-corrected chi connectivity index (χ2v) is 7.20. The maximum absolute atomic E-state index is 12.2. The molecule has 1 atom stereocenters. The van der Waals surface area contributed by atoms with Gasteiger partial charge in [0, 0.05) is 19.3 Å². The summed E-state index contributed by atoms with van der Waals surface area (Å²) in [5.74, 6) is -0.202. The van der Waals surface area contributed by atoms with Gasteiger partial charge in [0.05, 0.1) is 15.8 Å². The van der Waals surface area contributed by atoms with E-state index in [2.05, 4.69) is 0 Å². The normalized spacial score (nSPS) is 20.1. The fraction of sp³-hybridized carbons (Fsp3) is 0.417. The fourth-order valence-electron chi connectivity index (χ4n) is 2.07. The lowest BCUT2D eigenvalue weighted by Crippen LogP contribution is -2.31. The van der Waals surface area contributed by atoms with E-state index >= 15 is 0 Å². The number of sulfone groups is 1. The van der Waals surface area contributed by atoms with Gasteiger partial charge in [0.1, 0.15) is 0 Å². The number of amides is 1. The first-order valence-corrected chi connectivity index (χ1v) is 7.95. The molecule has 0 aliphatic carbocycles. The molecule has 1 aromatic rings. The molecule has 1 aliphatic heterocycles. The summed E-state index contributed by atoms with van der Waals surface area (Å²) in [6.07, 6.45) is 1.70. The molecule has 0 N–H and O–H groups in total. The van der Waals surface area contributed by atoms with E-state index < -0.39 is 15.1 Å². The van der Waals surface area contributed by atoms with Gasteiger partial charge in [-0.25, -0.2) is 8.42 Å². The maximum Gasteiger partial charge on any atom is 0.255 e. The van der Waals surface area contributed by atoms with E-state index in [-0.39, 0.29) is 12.5 Å². The van der Waals surface area contributed by atoms with Crippen molar-refractivity contribution in [3.05, 3.63) is 34.9 Å². The van der Waals surface area contributed by atoms with Crippen molar-refractivity contribution in [2.75, 3.05) is 19.3 Å². The average Bonchev–Trinajstić information content (AvgIpc) is 2.77. The maximum atomic E-state index is 12.2. The summed E-state index contributed by atoms with van der Waals surface area (Å²) in [5.41, 5.74) is 0.424. The van der Waals surface area contributed by atoms with Crippen molar-refractivity contribution in [3.63, 3.8) is 0 Å². The van der Waals surface area contributed by atoms with Crippen LogP contribution in [0.25, 0.3) is 0 Å². The number of rotatable bonds is 2. The van der Waals surface area contributed by atoms with E-state index in [9.17, 15) is 13.2 Å². The van der Waals surface area contributed by atoms with Gasteiger partial charge < -0.3 is 4.90 Å². The summed E-state index contributed by atoms with van der Waals surface area (Å²) in [7, 11) is -3.09. The van der Waals surface area contributed by atoms with Gasteiger partial charge >= 0.3 is 0 Å².